The van der Waals surface area contributed by atoms with E-state index in [1.165, 1.54) is 96.0 Å². The first-order chi connectivity index (χ1) is 17.3. The predicted octanol–water partition coefficient (Wildman–Crippen LogP) is 7.51. The van der Waals surface area contributed by atoms with Crippen molar-refractivity contribution in [2.24, 2.45) is 0 Å². The lowest BCUT2D eigenvalue weighted by Gasteiger charge is -2.21. The van der Waals surface area contributed by atoms with Gasteiger partial charge in [0.1, 0.15) is 0 Å². The topological polar surface area (TPSA) is 104 Å². The number of allylic oxidation sites excluding steroid dienone is 1. The van der Waals surface area contributed by atoms with E-state index < -0.39 is 28.0 Å². The quantitative estimate of drug-likeness (QED) is 0.0609. The zero-order valence-electron chi connectivity index (χ0n) is 23.4. The molecule has 0 aromatic heterocycles. The Morgan fingerprint density at radius 1 is 0.722 bits per heavy atom. The third-order valence-electron chi connectivity index (χ3n) is 6.71. The lowest BCUT2D eigenvalue weighted by atomic mass is 10.0. The second-order valence-corrected chi connectivity index (χ2v) is 11.9. The maximum atomic E-state index is 12.3. The van der Waals surface area contributed by atoms with Crippen LogP contribution in [-0.4, -0.2) is 41.9 Å². The van der Waals surface area contributed by atoms with Gasteiger partial charge in [0.2, 0.25) is 5.91 Å². The Morgan fingerprint density at radius 2 is 1.14 bits per heavy atom. The molecule has 0 saturated heterocycles. The maximum Gasteiger partial charge on any atom is 0.267 e. The summed E-state index contributed by atoms with van der Waals surface area (Å²) in [5.41, 5.74) is 0. The molecule has 2 unspecified atom stereocenters. The molecule has 214 valence electrons. The van der Waals surface area contributed by atoms with Crippen LogP contribution in [0.1, 0.15) is 149 Å². The fourth-order valence-corrected chi connectivity index (χ4v) is 5.18. The van der Waals surface area contributed by atoms with E-state index in [4.69, 9.17) is 0 Å². The van der Waals surface area contributed by atoms with Gasteiger partial charge in [-0.25, -0.2) is 0 Å². The number of unbranched alkanes of at least 4 members (excludes halogenated alkanes) is 18. The van der Waals surface area contributed by atoms with Gasteiger partial charge >= 0.3 is 0 Å². The van der Waals surface area contributed by atoms with E-state index in [0.717, 1.165) is 38.5 Å². The van der Waals surface area contributed by atoms with Gasteiger partial charge in [0.15, 0.2) is 0 Å². The van der Waals surface area contributed by atoms with Crippen LogP contribution in [0.15, 0.2) is 12.2 Å². The summed E-state index contributed by atoms with van der Waals surface area (Å²) >= 11 is 0. The van der Waals surface area contributed by atoms with E-state index >= 15 is 0 Å². The first-order valence-corrected chi connectivity index (χ1v) is 16.5. The zero-order valence-corrected chi connectivity index (χ0v) is 24.2. The van der Waals surface area contributed by atoms with Crippen molar-refractivity contribution in [2.45, 2.75) is 161 Å². The number of rotatable bonds is 26. The highest BCUT2D eigenvalue weighted by Gasteiger charge is 2.24. The molecule has 6 nitrogen and oxygen atoms in total. The molecule has 0 bridgehead atoms. The monoisotopic (exact) mass is 531 g/mol. The van der Waals surface area contributed by atoms with E-state index in [2.05, 4.69) is 19.2 Å². The summed E-state index contributed by atoms with van der Waals surface area (Å²) in [5.74, 6) is -0.978. The van der Waals surface area contributed by atoms with Gasteiger partial charge in [-0.2, -0.15) is 8.42 Å². The molecule has 36 heavy (non-hydrogen) atoms. The van der Waals surface area contributed by atoms with Crippen LogP contribution in [0.25, 0.3) is 0 Å². The van der Waals surface area contributed by atoms with Crippen molar-refractivity contribution < 1.29 is 22.9 Å². The molecule has 0 saturated carbocycles. The Bertz CT molecular complexity index is 636. The number of carbonyl (C=O) groups is 1. The minimum atomic E-state index is -4.32. The lowest BCUT2D eigenvalue weighted by Crippen LogP contribution is -2.46. The summed E-state index contributed by atoms with van der Waals surface area (Å²) in [5, 5.41) is 13.0. The van der Waals surface area contributed by atoms with E-state index in [1.54, 1.807) is 0 Å². The number of hydrogen-bond acceptors (Lipinski definition) is 4. The molecule has 2 atom stereocenters. The molecule has 0 radical (unpaired) electrons. The second kappa shape index (κ2) is 24.4. The number of aliphatic hydroxyl groups is 1. The third kappa shape index (κ3) is 24.8. The highest BCUT2D eigenvalue weighted by Crippen LogP contribution is 2.13. The molecule has 3 N–H and O–H groups in total. The first kappa shape index (κ1) is 35.1. The Hall–Kier alpha value is -0.920. The van der Waals surface area contributed by atoms with Crippen molar-refractivity contribution in [1.82, 2.24) is 5.32 Å². The fourth-order valence-electron chi connectivity index (χ4n) is 4.45. The van der Waals surface area contributed by atoms with E-state index in [0.29, 0.717) is 6.42 Å². The first-order valence-electron chi connectivity index (χ1n) is 14.9. The number of amides is 1. The maximum absolute atomic E-state index is 12.3. The van der Waals surface area contributed by atoms with Crippen LogP contribution in [0.4, 0.5) is 0 Å². The molecule has 0 aliphatic rings. The van der Waals surface area contributed by atoms with Gasteiger partial charge in [0.05, 0.1) is 17.9 Å². The number of hydrogen-bond donors (Lipinski definition) is 3. The minimum Gasteiger partial charge on any atom is -0.387 e. The van der Waals surface area contributed by atoms with E-state index in [-0.39, 0.29) is 5.91 Å². The molecule has 0 fully saturated rings. The second-order valence-electron chi connectivity index (χ2n) is 10.4. The Morgan fingerprint density at radius 3 is 1.58 bits per heavy atom. The van der Waals surface area contributed by atoms with Crippen LogP contribution in [0.5, 0.6) is 0 Å². The average molecular weight is 532 g/mol. The van der Waals surface area contributed by atoms with Crippen LogP contribution < -0.4 is 5.32 Å². The molecule has 0 aromatic rings. The van der Waals surface area contributed by atoms with Crippen molar-refractivity contribution in [3.8, 4) is 0 Å². The fraction of sp³-hybridized carbons (Fsp3) is 0.897. The van der Waals surface area contributed by atoms with E-state index in [1.807, 2.05) is 6.08 Å². The molecule has 0 heterocycles. The lowest BCUT2D eigenvalue weighted by molar-refractivity contribution is -0.122. The largest absolute Gasteiger partial charge is 0.387 e. The van der Waals surface area contributed by atoms with Crippen molar-refractivity contribution >= 4 is 16.0 Å². The van der Waals surface area contributed by atoms with Gasteiger partial charge in [0, 0.05) is 6.42 Å². The summed E-state index contributed by atoms with van der Waals surface area (Å²) in [6.45, 7) is 4.42. The highest BCUT2D eigenvalue weighted by atomic mass is 32.2. The molecule has 0 spiro atoms. The predicted molar refractivity (Wildman–Crippen MR) is 152 cm³/mol. The summed E-state index contributed by atoms with van der Waals surface area (Å²) in [6, 6.07) is -1.05. The van der Waals surface area contributed by atoms with Crippen molar-refractivity contribution in [3.63, 3.8) is 0 Å². The molecule has 7 heteroatoms. The molecule has 0 aliphatic heterocycles. The van der Waals surface area contributed by atoms with Crippen molar-refractivity contribution in [1.29, 1.82) is 0 Å². The summed E-state index contributed by atoms with van der Waals surface area (Å²) in [7, 11) is -4.32. The Kier molecular flexibility index (Phi) is 23.8. The number of carbonyl (C=O) groups excluding carboxylic acids is 1. The SMILES string of the molecule is CCCCCCC/C=C/C(O)C(CS(=O)(=O)O)NC(=O)CCCCCCCCCCCCCCCC. The number of nitrogens with one attached hydrogen (secondary N) is 1. The van der Waals surface area contributed by atoms with Gasteiger partial charge in [-0.15, -0.1) is 0 Å². The van der Waals surface area contributed by atoms with Crippen molar-refractivity contribution in [3.05, 3.63) is 12.2 Å². The van der Waals surface area contributed by atoms with Gasteiger partial charge < -0.3 is 10.4 Å². The minimum absolute atomic E-state index is 0.283. The Labute approximate surface area is 222 Å². The highest BCUT2D eigenvalue weighted by molar-refractivity contribution is 7.85. The van der Waals surface area contributed by atoms with Crippen LogP contribution in [-0.2, 0) is 14.9 Å². The van der Waals surface area contributed by atoms with Crippen LogP contribution in [0.2, 0.25) is 0 Å². The normalized spacial score (nSPS) is 13.8. The van der Waals surface area contributed by atoms with Crippen molar-refractivity contribution in [2.75, 3.05) is 5.75 Å². The van der Waals surface area contributed by atoms with E-state index in [9.17, 15) is 22.9 Å². The molecule has 0 aromatic carbocycles. The molecule has 0 rings (SSSR count). The van der Waals surface area contributed by atoms with Gasteiger partial charge in [-0.1, -0.05) is 135 Å². The van der Waals surface area contributed by atoms with Crippen LogP contribution in [0, 0.1) is 0 Å². The standard InChI is InChI=1S/C29H57NO5S/c1-3-5-7-9-11-12-13-14-15-16-17-19-21-23-25-29(32)30-27(26-36(33,34)35)28(31)24-22-20-18-10-8-6-4-2/h22,24,27-28,31H,3-21,23,25-26H2,1-2H3,(H,30,32)(H,33,34,35)/b24-22+. The third-order valence-corrected chi connectivity index (χ3v) is 7.49. The average Bonchev–Trinajstić information content (AvgIpc) is 2.82. The summed E-state index contributed by atoms with van der Waals surface area (Å²) < 4.78 is 32.0. The molecule has 1 amide bonds. The number of aliphatic hydroxyl groups excluding tert-OH is 1. The van der Waals surface area contributed by atoms with Crippen LogP contribution >= 0.6 is 0 Å². The zero-order chi connectivity index (χ0) is 26.9. The molecular formula is C29H57NO5S. The Balaban J connectivity index is 4.00. The molecule has 0 aliphatic carbocycles. The smallest absolute Gasteiger partial charge is 0.267 e. The summed E-state index contributed by atoms with van der Waals surface area (Å²) in [6.07, 6.45) is 26.4. The van der Waals surface area contributed by atoms with Gasteiger partial charge in [-0.05, 0) is 19.3 Å². The summed E-state index contributed by atoms with van der Waals surface area (Å²) in [4.78, 5) is 12.3. The van der Waals surface area contributed by atoms with Crippen LogP contribution in [0.3, 0.4) is 0 Å². The van der Waals surface area contributed by atoms with Gasteiger partial charge in [0.25, 0.3) is 10.1 Å². The van der Waals surface area contributed by atoms with Gasteiger partial charge in [-0.3, -0.25) is 9.35 Å². The molecular weight excluding hydrogens is 474 g/mol.